The molecule has 3 rings (SSSR count). The van der Waals surface area contributed by atoms with Gasteiger partial charge in [-0.15, -0.1) is 11.3 Å². The lowest BCUT2D eigenvalue weighted by Crippen LogP contribution is -2.21. The highest BCUT2D eigenvalue weighted by molar-refractivity contribution is 7.19. The maximum atomic E-state index is 10.4. The summed E-state index contributed by atoms with van der Waals surface area (Å²) in [5.41, 5.74) is 0. The summed E-state index contributed by atoms with van der Waals surface area (Å²) in [7, 11) is 0. The summed E-state index contributed by atoms with van der Waals surface area (Å²) in [5.74, 6) is 0.358. The van der Waals surface area contributed by atoms with E-state index < -0.39 is 0 Å². The van der Waals surface area contributed by atoms with Crippen molar-refractivity contribution in [2.75, 3.05) is 13.2 Å². The van der Waals surface area contributed by atoms with Crippen LogP contribution in [0.25, 0.3) is 10.1 Å². The Hall–Kier alpha value is -0.900. The summed E-state index contributed by atoms with van der Waals surface area (Å²) < 4.78 is 6.59. The number of hydrogen-bond donors (Lipinski definition) is 1. The van der Waals surface area contributed by atoms with Crippen molar-refractivity contribution < 1.29 is 9.84 Å². The second-order valence-electron chi connectivity index (χ2n) is 4.58. The van der Waals surface area contributed by atoms with E-state index in [1.54, 1.807) is 11.3 Å². The topological polar surface area (TPSA) is 29.5 Å². The lowest BCUT2D eigenvalue weighted by atomic mass is 9.93. The van der Waals surface area contributed by atoms with Crippen LogP contribution in [0.4, 0.5) is 0 Å². The van der Waals surface area contributed by atoms with E-state index in [9.17, 15) is 5.11 Å². The van der Waals surface area contributed by atoms with Gasteiger partial charge >= 0.3 is 0 Å². The van der Waals surface area contributed by atoms with Crippen LogP contribution in [0, 0.1) is 5.92 Å². The highest BCUT2D eigenvalue weighted by Gasteiger charge is 2.24. The van der Waals surface area contributed by atoms with Crippen LogP contribution in [0.15, 0.2) is 30.3 Å². The van der Waals surface area contributed by atoms with E-state index in [1.165, 1.54) is 10.1 Å². The van der Waals surface area contributed by atoms with Gasteiger partial charge in [-0.2, -0.15) is 0 Å². The number of hydrogen-bond acceptors (Lipinski definition) is 3. The van der Waals surface area contributed by atoms with Crippen LogP contribution in [0.5, 0.6) is 0 Å². The molecule has 1 aromatic carbocycles. The van der Waals surface area contributed by atoms with Crippen molar-refractivity contribution in [2.24, 2.45) is 5.92 Å². The molecule has 2 nitrogen and oxygen atoms in total. The van der Waals surface area contributed by atoms with Gasteiger partial charge in [0.2, 0.25) is 0 Å². The molecule has 1 aromatic heterocycles. The van der Waals surface area contributed by atoms with Crippen molar-refractivity contribution in [3.8, 4) is 0 Å². The Balaban J connectivity index is 1.86. The molecule has 17 heavy (non-hydrogen) atoms. The van der Waals surface area contributed by atoms with Crippen LogP contribution in [0.2, 0.25) is 0 Å². The molecule has 2 aromatic rings. The molecule has 0 saturated carbocycles. The van der Waals surface area contributed by atoms with Crippen LogP contribution < -0.4 is 0 Å². The van der Waals surface area contributed by atoms with E-state index >= 15 is 0 Å². The lowest BCUT2D eigenvalue weighted by molar-refractivity contribution is 0.00856. The minimum Gasteiger partial charge on any atom is -0.387 e. The SMILES string of the molecule is OC(c1cc2ccccc2s1)C1CCOCC1. The first-order valence-electron chi connectivity index (χ1n) is 6.09. The standard InChI is InChI=1S/C14H16O2S/c15-14(10-5-7-16-8-6-10)13-9-11-3-1-2-4-12(11)17-13/h1-4,9-10,14-15H,5-8H2. The summed E-state index contributed by atoms with van der Waals surface area (Å²) in [5, 5.41) is 11.6. The van der Waals surface area contributed by atoms with Crippen molar-refractivity contribution in [3.05, 3.63) is 35.2 Å². The number of ether oxygens (including phenoxy) is 1. The molecule has 1 aliphatic heterocycles. The Kier molecular flexibility index (Phi) is 3.14. The Bertz CT molecular complexity index is 467. The minimum atomic E-state index is -0.323. The van der Waals surface area contributed by atoms with E-state index in [4.69, 9.17) is 4.74 Å². The Morgan fingerprint density at radius 1 is 1.24 bits per heavy atom. The van der Waals surface area contributed by atoms with Crippen molar-refractivity contribution in [1.29, 1.82) is 0 Å². The first-order chi connectivity index (χ1) is 8.34. The second kappa shape index (κ2) is 4.77. The van der Waals surface area contributed by atoms with Gasteiger partial charge in [-0.25, -0.2) is 0 Å². The van der Waals surface area contributed by atoms with Gasteiger partial charge in [0, 0.05) is 22.8 Å². The predicted molar refractivity (Wildman–Crippen MR) is 70.3 cm³/mol. The lowest BCUT2D eigenvalue weighted by Gasteiger charge is -2.25. The number of aliphatic hydroxyl groups excluding tert-OH is 1. The maximum Gasteiger partial charge on any atom is 0.0912 e. The van der Waals surface area contributed by atoms with Gasteiger partial charge < -0.3 is 9.84 Å². The van der Waals surface area contributed by atoms with Crippen molar-refractivity contribution in [2.45, 2.75) is 18.9 Å². The average molecular weight is 248 g/mol. The quantitative estimate of drug-likeness (QED) is 0.883. The first kappa shape index (κ1) is 11.2. The summed E-state index contributed by atoms with van der Waals surface area (Å²) in [6.45, 7) is 1.57. The van der Waals surface area contributed by atoms with Gasteiger partial charge in [0.25, 0.3) is 0 Å². The van der Waals surface area contributed by atoms with E-state index in [-0.39, 0.29) is 6.10 Å². The van der Waals surface area contributed by atoms with Gasteiger partial charge in [-0.3, -0.25) is 0 Å². The normalized spacial score (nSPS) is 19.6. The van der Waals surface area contributed by atoms with E-state index in [2.05, 4.69) is 18.2 Å². The van der Waals surface area contributed by atoms with Gasteiger partial charge in [0.15, 0.2) is 0 Å². The summed E-state index contributed by atoms with van der Waals surface area (Å²) in [4.78, 5) is 1.10. The molecule has 0 spiro atoms. The van der Waals surface area contributed by atoms with Crippen LogP contribution >= 0.6 is 11.3 Å². The van der Waals surface area contributed by atoms with Gasteiger partial charge in [-0.05, 0) is 36.3 Å². The molecule has 1 fully saturated rings. The molecular formula is C14H16O2S. The van der Waals surface area contributed by atoms with Gasteiger partial charge in [-0.1, -0.05) is 18.2 Å². The van der Waals surface area contributed by atoms with Crippen molar-refractivity contribution in [3.63, 3.8) is 0 Å². The zero-order chi connectivity index (χ0) is 11.7. The van der Waals surface area contributed by atoms with E-state index in [1.807, 2.05) is 12.1 Å². The monoisotopic (exact) mass is 248 g/mol. The molecule has 1 atom stereocenters. The fourth-order valence-corrected chi connectivity index (χ4v) is 3.56. The molecule has 1 saturated heterocycles. The molecule has 90 valence electrons. The van der Waals surface area contributed by atoms with Crippen LogP contribution in [-0.4, -0.2) is 18.3 Å². The Morgan fingerprint density at radius 3 is 2.76 bits per heavy atom. The van der Waals surface area contributed by atoms with Gasteiger partial charge in [0.05, 0.1) is 6.10 Å². The van der Waals surface area contributed by atoms with Gasteiger partial charge in [0.1, 0.15) is 0 Å². The van der Waals surface area contributed by atoms with Crippen molar-refractivity contribution in [1.82, 2.24) is 0 Å². The summed E-state index contributed by atoms with van der Waals surface area (Å²) in [6, 6.07) is 10.4. The molecule has 1 unspecified atom stereocenters. The molecule has 0 aliphatic carbocycles. The van der Waals surface area contributed by atoms with E-state index in [0.29, 0.717) is 5.92 Å². The smallest absolute Gasteiger partial charge is 0.0912 e. The summed E-state index contributed by atoms with van der Waals surface area (Å²) in [6.07, 6.45) is 1.61. The zero-order valence-electron chi connectivity index (χ0n) is 9.63. The third-order valence-electron chi connectivity index (χ3n) is 3.45. The van der Waals surface area contributed by atoms with E-state index in [0.717, 1.165) is 30.9 Å². The maximum absolute atomic E-state index is 10.4. The largest absolute Gasteiger partial charge is 0.387 e. The third-order valence-corrected chi connectivity index (χ3v) is 4.64. The highest BCUT2D eigenvalue weighted by atomic mass is 32.1. The molecule has 2 heterocycles. The predicted octanol–water partition coefficient (Wildman–Crippen LogP) is 3.36. The molecular weight excluding hydrogens is 232 g/mol. The van der Waals surface area contributed by atoms with Crippen LogP contribution in [0.3, 0.4) is 0 Å². The molecule has 1 aliphatic rings. The molecule has 0 amide bonds. The van der Waals surface area contributed by atoms with Crippen molar-refractivity contribution >= 4 is 21.4 Å². The zero-order valence-corrected chi connectivity index (χ0v) is 10.5. The second-order valence-corrected chi connectivity index (χ2v) is 5.70. The molecule has 3 heteroatoms. The Labute approximate surface area is 105 Å². The van der Waals surface area contributed by atoms with Crippen LogP contribution in [-0.2, 0) is 4.74 Å². The van der Waals surface area contributed by atoms with Crippen LogP contribution in [0.1, 0.15) is 23.8 Å². The minimum absolute atomic E-state index is 0.323. The number of benzene rings is 1. The number of fused-ring (bicyclic) bond motifs is 1. The Morgan fingerprint density at radius 2 is 2.00 bits per heavy atom. The number of thiophene rings is 1. The third kappa shape index (κ3) is 2.23. The molecule has 0 bridgehead atoms. The summed E-state index contributed by atoms with van der Waals surface area (Å²) >= 11 is 1.71. The molecule has 1 N–H and O–H groups in total. The number of aliphatic hydroxyl groups is 1. The fraction of sp³-hybridized carbons (Fsp3) is 0.429. The first-order valence-corrected chi connectivity index (χ1v) is 6.90. The highest BCUT2D eigenvalue weighted by Crippen LogP contribution is 2.36. The fourth-order valence-electron chi connectivity index (χ4n) is 2.41. The number of rotatable bonds is 2. The molecule has 0 radical (unpaired) electrons. The average Bonchev–Trinajstić information content (AvgIpc) is 2.82.